The van der Waals surface area contributed by atoms with E-state index in [2.05, 4.69) is 26.1 Å². The summed E-state index contributed by atoms with van der Waals surface area (Å²) in [6.45, 7) is 7.31. The molecule has 1 rings (SSSR count). The van der Waals surface area contributed by atoms with Crippen molar-refractivity contribution in [2.24, 2.45) is 0 Å². The van der Waals surface area contributed by atoms with E-state index in [4.69, 9.17) is 9.47 Å². The standard InChI is InChI=1S/C14H23NO2/c1-5-12(15-6-2)11(3)17-14-10-8-7-9-13(14)16-4/h7-12,15H,5-6H2,1-4H3. The highest BCUT2D eigenvalue weighted by molar-refractivity contribution is 5.39. The van der Waals surface area contributed by atoms with E-state index in [0.29, 0.717) is 6.04 Å². The molecule has 0 saturated carbocycles. The van der Waals surface area contributed by atoms with Crippen molar-refractivity contribution in [1.29, 1.82) is 0 Å². The quantitative estimate of drug-likeness (QED) is 0.791. The number of hydrogen-bond donors (Lipinski definition) is 1. The van der Waals surface area contributed by atoms with E-state index in [9.17, 15) is 0 Å². The SMILES string of the molecule is CCNC(CC)C(C)Oc1ccccc1OC. The lowest BCUT2D eigenvalue weighted by Gasteiger charge is -2.25. The molecular formula is C14H23NO2. The Labute approximate surface area is 104 Å². The second-order valence-electron chi connectivity index (χ2n) is 4.05. The van der Waals surface area contributed by atoms with Gasteiger partial charge in [-0.2, -0.15) is 0 Å². The van der Waals surface area contributed by atoms with Gasteiger partial charge in [0.2, 0.25) is 0 Å². The summed E-state index contributed by atoms with van der Waals surface area (Å²) in [6.07, 6.45) is 1.17. The van der Waals surface area contributed by atoms with Crippen LogP contribution in [0.2, 0.25) is 0 Å². The minimum Gasteiger partial charge on any atom is -0.493 e. The molecule has 0 aliphatic carbocycles. The van der Waals surface area contributed by atoms with Gasteiger partial charge in [0.25, 0.3) is 0 Å². The molecule has 1 aromatic rings. The van der Waals surface area contributed by atoms with E-state index in [1.165, 1.54) is 0 Å². The van der Waals surface area contributed by atoms with Crippen LogP contribution in [-0.2, 0) is 0 Å². The van der Waals surface area contributed by atoms with E-state index < -0.39 is 0 Å². The fraction of sp³-hybridized carbons (Fsp3) is 0.571. The smallest absolute Gasteiger partial charge is 0.161 e. The zero-order valence-electron chi connectivity index (χ0n) is 11.2. The summed E-state index contributed by atoms with van der Waals surface area (Å²) in [6, 6.07) is 8.12. The molecular weight excluding hydrogens is 214 g/mol. The Balaban J connectivity index is 2.68. The fourth-order valence-electron chi connectivity index (χ4n) is 1.90. The maximum absolute atomic E-state index is 5.95. The summed E-state index contributed by atoms with van der Waals surface area (Å²) in [7, 11) is 1.66. The number of nitrogens with one attached hydrogen (secondary N) is 1. The highest BCUT2D eigenvalue weighted by Crippen LogP contribution is 2.27. The Hall–Kier alpha value is -1.22. The van der Waals surface area contributed by atoms with E-state index >= 15 is 0 Å². The zero-order chi connectivity index (χ0) is 12.7. The van der Waals surface area contributed by atoms with Gasteiger partial charge in [0.15, 0.2) is 11.5 Å². The van der Waals surface area contributed by atoms with Crippen molar-refractivity contribution in [3.05, 3.63) is 24.3 Å². The third kappa shape index (κ3) is 3.93. The van der Waals surface area contributed by atoms with Crippen LogP contribution in [0.25, 0.3) is 0 Å². The lowest BCUT2D eigenvalue weighted by Crippen LogP contribution is -2.40. The van der Waals surface area contributed by atoms with Gasteiger partial charge in [-0.25, -0.2) is 0 Å². The van der Waals surface area contributed by atoms with Gasteiger partial charge in [-0.15, -0.1) is 0 Å². The highest BCUT2D eigenvalue weighted by Gasteiger charge is 2.17. The van der Waals surface area contributed by atoms with Gasteiger partial charge in [0, 0.05) is 6.04 Å². The summed E-state index contributed by atoms with van der Waals surface area (Å²) in [5, 5.41) is 3.42. The molecule has 0 aliphatic heterocycles. The van der Waals surface area contributed by atoms with Crippen LogP contribution in [0.4, 0.5) is 0 Å². The number of para-hydroxylation sites is 2. The molecule has 0 aromatic heterocycles. The molecule has 2 atom stereocenters. The summed E-state index contributed by atoms with van der Waals surface area (Å²) >= 11 is 0. The number of hydrogen-bond acceptors (Lipinski definition) is 3. The van der Waals surface area contributed by atoms with Gasteiger partial charge in [-0.05, 0) is 32.0 Å². The Morgan fingerprint density at radius 3 is 2.35 bits per heavy atom. The van der Waals surface area contributed by atoms with Crippen molar-refractivity contribution in [2.45, 2.75) is 39.3 Å². The number of ether oxygens (including phenoxy) is 2. The van der Waals surface area contributed by atoms with Crippen LogP contribution < -0.4 is 14.8 Å². The third-order valence-electron chi connectivity index (χ3n) is 2.85. The summed E-state index contributed by atoms with van der Waals surface area (Å²) in [5.41, 5.74) is 0. The van der Waals surface area contributed by atoms with Crippen LogP contribution in [0.5, 0.6) is 11.5 Å². The summed E-state index contributed by atoms with van der Waals surface area (Å²) < 4.78 is 11.2. The topological polar surface area (TPSA) is 30.5 Å². The van der Waals surface area contributed by atoms with Crippen LogP contribution in [0.3, 0.4) is 0 Å². The molecule has 2 unspecified atom stereocenters. The van der Waals surface area contributed by atoms with Crippen molar-refractivity contribution in [3.63, 3.8) is 0 Å². The highest BCUT2D eigenvalue weighted by atomic mass is 16.5. The average Bonchev–Trinajstić information content (AvgIpc) is 2.36. The molecule has 0 saturated heterocycles. The zero-order valence-corrected chi connectivity index (χ0v) is 11.2. The molecule has 0 spiro atoms. The normalized spacial score (nSPS) is 14.1. The maximum atomic E-state index is 5.95. The first-order valence-corrected chi connectivity index (χ1v) is 6.25. The first kappa shape index (κ1) is 13.8. The number of likely N-dealkylation sites (N-methyl/N-ethyl adjacent to an activating group) is 1. The Bertz CT molecular complexity index is 328. The molecule has 0 fully saturated rings. The Kier molecular flexibility index (Phi) is 5.84. The Morgan fingerprint density at radius 2 is 1.82 bits per heavy atom. The molecule has 0 aliphatic rings. The average molecular weight is 237 g/mol. The second kappa shape index (κ2) is 7.17. The van der Waals surface area contributed by atoms with E-state index in [0.717, 1.165) is 24.5 Å². The van der Waals surface area contributed by atoms with Crippen molar-refractivity contribution in [3.8, 4) is 11.5 Å². The van der Waals surface area contributed by atoms with E-state index in [1.54, 1.807) is 7.11 Å². The van der Waals surface area contributed by atoms with Gasteiger partial charge in [0.05, 0.1) is 7.11 Å². The molecule has 3 heteroatoms. The van der Waals surface area contributed by atoms with Crippen molar-refractivity contribution >= 4 is 0 Å². The van der Waals surface area contributed by atoms with Crippen LogP contribution in [0, 0.1) is 0 Å². The maximum Gasteiger partial charge on any atom is 0.161 e. The van der Waals surface area contributed by atoms with Crippen molar-refractivity contribution in [1.82, 2.24) is 5.32 Å². The van der Waals surface area contributed by atoms with Gasteiger partial charge < -0.3 is 14.8 Å². The molecule has 0 bridgehead atoms. The summed E-state index contributed by atoms with van der Waals surface area (Å²) in [5.74, 6) is 1.59. The van der Waals surface area contributed by atoms with Crippen molar-refractivity contribution < 1.29 is 9.47 Å². The molecule has 0 amide bonds. The largest absolute Gasteiger partial charge is 0.493 e. The first-order valence-electron chi connectivity index (χ1n) is 6.25. The van der Waals surface area contributed by atoms with Crippen LogP contribution in [0.1, 0.15) is 27.2 Å². The predicted molar refractivity (Wildman–Crippen MR) is 70.8 cm³/mol. The lowest BCUT2D eigenvalue weighted by molar-refractivity contribution is 0.162. The second-order valence-corrected chi connectivity index (χ2v) is 4.05. The summed E-state index contributed by atoms with van der Waals surface area (Å²) in [4.78, 5) is 0. The van der Waals surface area contributed by atoms with E-state index in [1.807, 2.05) is 24.3 Å². The van der Waals surface area contributed by atoms with Gasteiger partial charge in [0.1, 0.15) is 6.10 Å². The lowest BCUT2D eigenvalue weighted by atomic mass is 10.1. The fourth-order valence-corrected chi connectivity index (χ4v) is 1.90. The molecule has 1 aromatic carbocycles. The molecule has 17 heavy (non-hydrogen) atoms. The minimum atomic E-state index is 0.122. The number of methoxy groups -OCH3 is 1. The van der Waals surface area contributed by atoms with Crippen LogP contribution in [0.15, 0.2) is 24.3 Å². The van der Waals surface area contributed by atoms with E-state index in [-0.39, 0.29) is 6.10 Å². The molecule has 3 nitrogen and oxygen atoms in total. The van der Waals surface area contributed by atoms with Crippen molar-refractivity contribution in [2.75, 3.05) is 13.7 Å². The van der Waals surface area contributed by atoms with Gasteiger partial charge >= 0.3 is 0 Å². The Morgan fingerprint density at radius 1 is 1.18 bits per heavy atom. The minimum absolute atomic E-state index is 0.122. The van der Waals surface area contributed by atoms with Gasteiger partial charge in [-0.3, -0.25) is 0 Å². The number of rotatable bonds is 7. The van der Waals surface area contributed by atoms with Gasteiger partial charge in [-0.1, -0.05) is 26.0 Å². The molecule has 0 heterocycles. The monoisotopic (exact) mass is 237 g/mol. The predicted octanol–water partition coefficient (Wildman–Crippen LogP) is 2.85. The molecule has 1 N–H and O–H groups in total. The first-order chi connectivity index (χ1) is 8.22. The molecule has 96 valence electrons. The van der Waals surface area contributed by atoms with Crippen LogP contribution in [-0.4, -0.2) is 25.8 Å². The number of benzene rings is 1. The third-order valence-corrected chi connectivity index (χ3v) is 2.85. The molecule has 0 radical (unpaired) electrons. The van der Waals surface area contributed by atoms with Crippen LogP contribution >= 0.6 is 0 Å².